The lowest BCUT2D eigenvalue weighted by Crippen LogP contribution is -2.04. The van der Waals surface area contributed by atoms with Crippen LogP contribution in [0.3, 0.4) is 0 Å². The van der Waals surface area contributed by atoms with Crippen molar-refractivity contribution in [2.75, 3.05) is 0 Å². The maximum absolute atomic E-state index is 12.6. The molecule has 0 unspecified atom stereocenters. The van der Waals surface area contributed by atoms with Gasteiger partial charge in [-0.15, -0.1) is 12.4 Å². The molecule has 0 saturated carbocycles. The predicted octanol–water partition coefficient (Wildman–Crippen LogP) is 4.25. The highest BCUT2D eigenvalue weighted by Crippen LogP contribution is 2.32. The van der Waals surface area contributed by atoms with Crippen molar-refractivity contribution in [3.8, 4) is 11.1 Å². The summed E-state index contributed by atoms with van der Waals surface area (Å²) in [4.78, 5) is 0. The molecule has 0 fully saturated rings. The van der Waals surface area contributed by atoms with Crippen LogP contribution in [0.25, 0.3) is 11.1 Å². The van der Waals surface area contributed by atoms with E-state index >= 15 is 0 Å². The Morgan fingerprint density at radius 2 is 1.47 bits per heavy atom. The van der Waals surface area contributed by atoms with E-state index in [1.54, 1.807) is 24.3 Å². The molecule has 2 aromatic carbocycles. The summed E-state index contributed by atoms with van der Waals surface area (Å²) in [6, 6.07) is 12.5. The molecule has 0 atom stereocenters. The summed E-state index contributed by atoms with van der Waals surface area (Å²) in [5.74, 6) is 0. The first-order valence-corrected chi connectivity index (χ1v) is 5.47. The topological polar surface area (TPSA) is 26.0 Å². The molecular formula is C14H13ClF3N. The molecule has 0 aromatic heterocycles. The lowest BCUT2D eigenvalue weighted by Gasteiger charge is -2.09. The van der Waals surface area contributed by atoms with Crippen LogP contribution in [0.4, 0.5) is 13.2 Å². The van der Waals surface area contributed by atoms with Crippen LogP contribution in [0, 0.1) is 0 Å². The molecule has 0 spiro atoms. The van der Waals surface area contributed by atoms with E-state index in [1.165, 1.54) is 6.07 Å². The highest BCUT2D eigenvalue weighted by molar-refractivity contribution is 5.85. The predicted molar refractivity (Wildman–Crippen MR) is 72.0 cm³/mol. The zero-order chi connectivity index (χ0) is 13.2. The van der Waals surface area contributed by atoms with Gasteiger partial charge in [0.1, 0.15) is 0 Å². The Labute approximate surface area is 115 Å². The Bertz CT molecular complexity index is 552. The van der Waals surface area contributed by atoms with Gasteiger partial charge in [0, 0.05) is 6.54 Å². The molecule has 0 heterocycles. The lowest BCUT2D eigenvalue weighted by molar-refractivity contribution is -0.137. The number of alkyl halides is 3. The normalized spacial score (nSPS) is 10.9. The van der Waals surface area contributed by atoms with Crippen LogP contribution in [-0.4, -0.2) is 0 Å². The van der Waals surface area contributed by atoms with E-state index in [4.69, 9.17) is 5.73 Å². The summed E-state index contributed by atoms with van der Waals surface area (Å²) in [6.45, 7) is 0.368. The minimum Gasteiger partial charge on any atom is -0.326 e. The van der Waals surface area contributed by atoms with Crippen molar-refractivity contribution in [3.05, 3.63) is 59.7 Å². The number of hydrogen-bond donors (Lipinski definition) is 1. The molecule has 0 aliphatic heterocycles. The average molecular weight is 288 g/mol. The van der Waals surface area contributed by atoms with Gasteiger partial charge in [-0.3, -0.25) is 0 Å². The summed E-state index contributed by atoms with van der Waals surface area (Å²) in [6.07, 6.45) is -4.32. The van der Waals surface area contributed by atoms with Crippen LogP contribution in [0.2, 0.25) is 0 Å². The maximum atomic E-state index is 12.6. The summed E-state index contributed by atoms with van der Waals surface area (Å²) in [7, 11) is 0. The molecule has 0 radical (unpaired) electrons. The zero-order valence-electron chi connectivity index (χ0n) is 9.95. The van der Waals surface area contributed by atoms with Crippen LogP contribution in [-0.2, 0) is 12.7 Å². The fourth-order valence-electron chi connectivity index (χ4n) is 1.75. The van der Waals surface area contributed by atoms with Gasteiger partial charge in [0.25, 0.3) is 0 Å². The SMILES string of the molecule is Cl.NCc1cccc(-c2cccc(C(F)(F)F)c2)c1. The number of rotatable bonds is 2. The minimum absolute atomic E-state index is 0. The van der Waals surface area contributed by atoms with Crippen molar-refractivity contribution in [2.45, 2.75) is 12.7 Å². The summed E-state index contributed by atoms with van der Waals surface area (Å²) < 4.78 is 37.8. The second-order valence-electron chi connectivity index (χ2n) is 3.98. The number of hydrogen-bond acceptors (Lipinski definition) is 1. The Balaban J connectivity index is 0.00000180. The minimum atomic E-state index is -4.32. The van der Waals surface area contributed by atoms with E-state index in [2.05, 4.69) is 0 Å². The molecule has 19 heavy (non-hydrogen) atoms. The van der Waals surface area contributed by atoms with E-state index in [9.17, 15) is 13.2 Å². The van der Waals surface area contributed by atoms with Gasteiger partial charge in [0.2, 0.25) is 0 Å². The first kappa shape index (κ1) is 15.5. The molecule has 0 aliphatic rings. The van der Waals surface area contributed by atoms with E-state index in [1.807, 2.05) is 6.07 Å². The molecular weight excluding hydrogens is 275 g/mol. The van der Waals surface area contributed by atoms with Gasteiger partial charge in [-0.05, 0) is 34.9 Å². The van der Waals surface area contributed by atoms with Crippen molar-refractivity contribution < 1.29 is 13.2 Å². The number of benzene rings is 2. The van der Waals surface area contributed by atoms with E-state index in [-0.39, 0.29) is 12.4 Å². The summed E-state index contributed by atoms with van der Waals surface area (Å²) in [5.41, 5.74) is 7.05. The van der Waals surface area contributed by atoms with Crippen LogP contribution in [0.5, 0.6) is 0 Å². The molecule has 102 valence electrons. The van der Waals surface area contributed by atoms with Gasteiger partial charge in [-0.2, -0.15) is 13.2 Å². The Morgan fingerprint density at radius 1 is 0.895 bits per heavy atom. The highest BCUT2D eigenvalue weighted by Gasteiger charge is 2.30. The van der Waals surface area contributed by atoms with Crippen molar-refractivity contribution >= 4 is 12.4 Å². The molecule has 2 N–H and O–H groups in total. The van der Waals surface area contributed by atoms with Gasteiger partial charge in [0.15, 0.2) is 0 Å². The third-order valence-corrected chi connectivity index (χ3v) is 2.69. The Hall–Kier alpha value is -1.52. The molecule has 0 bridgehead atoms. The van der Waals surface area contributed by atoms with Crippen molar-refractivity contribution in [1.29, 1.82) is 0 Å². The summed E-state index contributed by atoms with van der Waals surface area (Å²) >= 11 is 0. The first-order chi connectivity index (χ1) is 8.50. The summed E-state index contributed by atoms with van der Waals surface area (Å²) in [5, 5.41) is 0. The second kappa shape index (κ2) is 6.08. The standard InChI is InChI=1S/C14H12F3N.ClH/c15-14(16,17)13-6-2-5-12(8-13)11-4-1-3-10(7-11)9-18;/h1-8H,9,18H2;1H. The first-order valence-electron chi connectivity index (χ1n) is 5.47. The molecule has 2 aromatic rings. The quantitative estimate of drug-likeness (QED) is 0.878. The zero-order valence-corrected chi connectivity index (χ0v) is 10.8. The average Bonchev–Trinajstić information content (AvgIpc) is 2.38. The van der Waals surface area contributed by atoms with Gasteiger partial charge >= 0.3 is 6.18 Å². The molecule has 0 saturated heterocycles. The van der Waals surface area contributed by atoms with E-state index in [0.717, 1.165) is 23.3 Å². The monoisotopic (exact) mass is 287 g/mol. The number of nitrogens with two attached hydrogens (primary N) is 1. The van der Waals surface area contributed by atoms with Crippen molar-refractivity contribution in [2.24, 2.45) is 5.73 Å². The fraction of sp³-hybridized carbons (Fsp3) is 0.143. The molecule has 0 amide bonds. The molecule has 2 rings (SSSR count). The van der Waals surface area contributed by atoms with Crippen LogP contribution >= 0.6 is 12.4 Å². The smallest absolute Gasteiger partial charge is 0.326 e. The van der Waals surface area contributed by atoms with E-state index < -0.39 is 11.7 Å². The van der Waals surface area contributed by atoms with E-state index in [0.29, 0.717) is 12.1 Å². The maximum Gasteiger partial charge on any atom is 0.416 e. The second-order valence-corrected chi connectivity index (χ2v) is 3.98. The highest BCUT2D eigenvalue weighted by atomic mass is 35.5. The third kappa shape index (κ3) is 3.72. The van der Waals surface area contributed by atoms with Crippen molar-refractivity contribution in [1.82, 2.24) is 0 Å². The fourth-order valence-corrected chi connectivity index (χ4v) is 1.75. The van der Waals surface area contributed by atoms with Gasteiger partial charge < -0.3 is 5.73 Å². The van der Waals surface area contributed by atoms with Gasteiger partial charge in [-0.25, -0.2) is 0 Å². The third-order valence-electron chi connectivity index (χ3n) is 2.69. The van der Waals surface area contributed by atoms with Crippen LogP contribution < -0.4 is 5.73 Å². The van der Waals surface area contributed by atoms with Crippen LogP contribution in [0.1, 0.15) is 11.1 Å². The Kier molecular flexibility index (Phi) is 4.97. The molecule has 5 heteroatoms. The lowest BCUT2D eigenvalue weighted by atomic mass is 10.0. The number of halogens is 4. The van der Waals surface area contributed by atoms with Crippen LogP contribution in [0.15, 0.2) is 48.5 Å². The van der Waals surface area contributed by atoms with Crippen molar-refractivity contribution in [3.63, 3.8) is 0 Å². The van der Waals surface area contributed by atoms with Gasteiger partial charge in [0.05, 0.1) is 5.56 Å². The largest absolute Gasteiger partial charge is 0.416 e. The molecule has 1 nitrogen and oxygen atoms in total. The Morgan fingerprint density at radius 3 is 2.05 bits per heavy atom. The molecule has 0 aliphatic carbocycles. The van der Waals surface area contributed by atoms with Gasteiger partial charge in [-0.1, -0.05) is 30.3 Å².